The van der Waals surface area contributed by atoms with Crippen molar-refractivity contribution in [2.75, 3.05) is 6.26 Å². The van der Waals surface area contributed by atoms with Gasteiger partial charge in [-0.05, 0) is 18.8 Å². The first-order valence-electron chi connectivity index (χ1n) is 6.57. The molecular weight excluding hydrogens is 284 g/mol. The third kappa shape index (κ3) is 8.11. The van der Waals surface area contributed by atoms with Gasteiger partial charge in [-0.1, -0.05) is 27.2 Å². The van der Waals surface area contributed by atoms with E-state index in [1.54, 1.807) is 0 Å². The van der Waals surface area contributed by atoms with E-state index in [1.807, 2.05) is 20.8 Å². The highest BCUT2D eigenvalue weighted by Crippen LogP contribution is 2.07. The summed E-state index contributed by atoms with van der Waals surface area (Å²) in [4.78, 5) is 23.0. The number of carbonyl (C=O) groups is 2. The van der Waals surface area contributed by atoms with Crippen LogP contribution in [0.5, 0.6) is 0 Å². The van der Waals surface area contributed by atoms with Gasteiger partial charge in [-0.25, -0.2) is 17.9 Å². The highest BCUT2D eigenvalue weighted by atomic mass is 32.2. The van der Waals surface area contributed by atoms with Crippen LogP contribution in [0.1, 0.15) is 40.0 Å². The molecule has 0 aliphatic heterocycles. The summed E-state index contributed by atoms with van der Waals surface area (Å²) in [6.07, 6.45) is 2.17. The third-order valence-electron chi connectivity index (χ3n) is 2.57. The fourth-order valence-electron chi connectivity index (χ4n) is 1.76. The van der Waals surface area contributed by atoms with Gasteiger partial charge in [-0.15, -0.1) is 0 Å². The number of hydrogen-bond acceptors (Lipinski definition) is 4. The van der Waals surface area contributed by atoms with E-state index >= 15 is 0 Å². The average molecular weight is 308 g/mol. The van der Waals surface area contributed by atoms with Crippen LogP contribution in [0, 0.1) is 5.92 Å². The molecule has 20 heavy (non-hydrogen) atoms. The van der Waals surface area contributed by atoms with Gasteiger partial charge in [0.2, 0.25) is 15.9 Å². The molecule has 0 aliphatic rings. The van der Waals surface area contributed by atoms with E-state index in [2.05, 4.69) is 10.0 Å². The number of carbonyl (C=O) groups excluding carboxylic acids is 1. The second kappa shape index (κ2) is 8.21. The minimum atomic E-state index is -3.54. The maximum Gasteiger partial charge on any atom is 0.326 e. The normalized spacial score (nSPS) is 14.8. The lowest BCUT2D eigenvalue weighted by atomic mass is 10.0. The molecule has 0 aromatic rings. The van der Waals surface area contributed by atoms with E-state index in [4.69, 9.17) is 5.11 Å². The van der Waals surface area contributed by atoms with Crippen LogP contribution in [0.25, 0.3) is 0 Å². The molecule has 0 aliphatic carbocycles. The van der Waals surface area contributed by atoms with E-state index in [1.165, 1.54) is 0 Å². The predicted molar refractivity (Wildman–Crippen MR) is 75.7 cm³/mol. The molecule has 0 saturated carbocycles. The van der Waals surface area contributed by atoms with Gasteiger partial charge in [-0.2, -0.15) is 0 Å². The van der Waals surface area contributed by atoms with Gasteiger partial charge in [-0.3, -0.25) is 4.79 Å². The number of rotatable bonds is 9. The number of aliphatic carboxylic acids is 1. The van der Waals surface area contributed by atoms with Crippen LogP contribution < -0.4 is 10.0 Å². The molecular formula is C12H24N2O5S. The lowest BCUT2D eigenvalue weighted by Gasteiger charge is -2.21. The average Bonchev–Trinajstić information content (AvgIpc) is 2.24. The third-order valence-corrected chi connectivity index (χ3v) is 3.28. The van der Waals surface area contributed by atoms with Crippen molar-refractivity contribution in [1.29, 1.82) is 0 Å². The van der Waals surface area contributed by atoms with E-state index in [0.29, 0.717) is 19.3 Å². The molecule has 1 amide bonds. The fraction of sp³-hybridized carbons (Fsp3) is 0.833. The van der Waals surface area contributed by atoms with E-state index in [-0.39, 0.29) is 5.92 Å². The van der Waals surface area contributed by atoms with E-state index < -0.39 is 34.0 Å². The Morgan fingerprint density at radius 1 is 1.20 bits per heavy atom. The standard InChI is InChI=1S/C12H24N2O5S/c1-5-6-9(12(16)17)13-11(15)10(7-8(2)3)14-20(4,18)19/h8-10,14H,5-7H2,1-4H3,(H,13,15)(H,16,17). The molecule has 2 atom stereocenters. The zero-order valence-electron chi connectivity index (χ0n) is 12.3. The number of carboxylic acid groups (broad SMARTS) is 1. The Balaban J connectivity index is 4.89. The Morgan fingerprint density at radius 3 is 2.10 bits per heavy atom. The van der Waals surface area contributed by atoms with Crippen LogP contribution in [-0.2, 0) is 19.6 Å². The predicted octanol–water partition coefficient (Wildman–Crippen LogP) is 0.320. The molecule has 7 nitrogen and oxygen atoms in total. The lowest BCUT2D eigenvalue weighted by molar-refractivity contribution is -0.142. The van der Waals surface area contributed by atoms with Crippen LogP contribution >= 0.6 is 0 Å². The molecule has 0 heterocycles. The fourth-order valence-corrected chi connectivity index (χ4v) is 2.48. The summed E-state index contributed by atoms with van der Waals surface area (Å²) >= 11 is 0. The van der Waals surface area contributed by atoms with Crippen LogP contribution in [0.4, 0.5) is 0 Å². The SMILES string of the molecule is CCCC(NC(=O)C(CC(C)C)NS(C)(=O)=O)C(=O)O. The monoisotopic (exact) mass is 308 g/mol. The molecule has 3 N–H and O–H groups in total. The van der Waals surface area contributed by atoms with Crippen LogP contribution in [0.2, 0.25) is 0 Å². The zero-order valence-corrected chi connectivity index (χ0v) is 13.2. The summed E-state index contributed by atoms with van der Waals surface area (Å²) in [6.45, 7) is 5.51. The Morgan fingerprint density at radius 2 is 1.75 bits per heavy atom. The number of carboxylic acids is 1. The molecule has 118 valence electrons. The van der Waals surface area contributed by atoms with Gasteiger partial charge in [0.25, 0.3) is 0 Å². The zero-order chi connectivity index (χ0) is 15.9. The van der Waals surface area contributed by atoms with Crippen molar-refractivity contribution >= 4 is 21.9 Å². The minimum absolute atomic E-state index is 0.0921. The van der Waals surface area contributed by atoms with Crippen molar-refractivity contribution in [1.82, 2.24) is 10.0 Å². The number of sulfonamides is 1. The highest BCUT2D eigenvalue weighted by molar-refractivity contribution is 7.88. The number of hydrogen-bond donors (Lipinski definition) is 3. The van der Waals surface area contributed by atoms with Crippen LogP contribution in [0.3, 0.4) is 0 Å². The topological polar surface area (TPSA) is 113 Å². The minimum Gasteiger partial charge on any atom is -0.480 e. The molecule has 0 rings (SSSR count). The second-order valence-electron chi connectivity index (χ2n) is 5.26. The van der Waals surface area contributed by atoms with Crippen molar-refractivity contribution in [2.24, 2.45) is 5.92 Å². The molecule has 0 saturated heterocycles. The first-order chi connectivity index (χ1) is 9.06. The Bertz CT molecular complexity index is 433. The quantitative estimate of drug-likeness (QED) is 0.568. The van der Waals surface area contributed by atoms with Gasteiger partial charge < -0.3 is 10.4 Å². The molecule has 0 aromatic carbocycles. The molecule has 0 radical (unpaired) electrons. The van der Waals surface area contributed by atoms with E-state index in [9.17, 15) is 18.0 Å². The van der Waals surface area contributed by atoms with Crippen LogP contribution in [0.15, 0.2) is 0 Å². The van der Waals surface area contributed by atoms with Crippen molar-refractivity contribution < 1.29 is 23.1 Å². The van der Waals surface area contributed by atoms with Crippen molar-refractivity contribution in [2.45, 2.75) is 52.1 Å². The molecule has 0 fully saturated rings. The Kier molecular flexibility index (Phi) is 7.74. The van der Waals surface area contributed by atoms with Crippen molar-refractivity contribution in [3.8, 4) is 0 Å². The van der Waals surface area contributed by atoms with Gasteiger partial charge in [0, 0.05) is 0 Å². The summed E-state index contributed by atoms with van der Waals surface area (Å²) in [5.41, 5.74) is 0. The van der Waals surface area contributed by atoms with Gasteiger partial charge >= 0.3 is 5.97 Å². The second-order valence-corrected chi connectivity index (χ2v) is 7.04. The first-order valence-corrected chi connectivity index (χ1v) is 8.46. The van der Waals surface area contributed by atoms with E-state index in [0.717, 1.165) is 6.26 Å². The summed E-state index contributed by atoms with van der Waals surface area (Å²) in [5.74, 6) is -1.64. The largest absolute Gasteiger partial charge is 0.480 e. The van der Waals surface area contributed by atoms with Gasteiger partial charge in [0.15, 0.2) is 0 Å². The molecule has 0 spiro atoms. The lowest BCUT2D eigenvalue weighted by Crippen LogP contribution is -2.51. The Hall–Kier alpha value is -1.15. The number of amides is 1. The first kappa shape index (κ1) is 18.9. The van der Waals surface area contributed by atoms with Gasteiger partial charge in [0.05, 0.1) is 6.26 Å². The highest BCUT2D eigenvalue weighted by Gasteiger charge is 2.27. The van der Waals surface area contributed by atoms with Gasteiger partial charge in [0.1, 0.15) is 12.1 Å². The number of nitrogens with one attached hydrogen (secondary N) is 2. The van der Waals surface area contributed by atoms with Crippen molar-refractivity contribution in [3.05, 3.63) is 0 Å². The molecule has 0 aromatic heterocycles. The molecule has 0 bridgehead atoms. The Labute approximate surface area is 120 Å². The maximum absolute atomic E-state index is 12.0. The van der Waals surface area contributed by atoms with Crippen molar-refractivity contribution in [3.63, 3.8) is 0 Å². The maximum atomic E-state index is 12.0. The summed E-state index contributed by atoms with van der Waals surface area (Å²) in [6, 6.07) is -1.95. The summed E-state index contributed by atoms with van der Waals surface area (Å²) < 4.78 is 24.8. The summed E-state index contributed by atoms with van der Waals surface area (Å²) in [5, 5.41) is 11.4. The molecule has 2 unspecified atom stereocenters. The smallest absolute Gasteiger partial charge is 0.326 e. The summed E-state index contributed by atoms with van der Waals surface area (Å²) in [7, 11) is -3.54. The van der Waals surface area contributed by atoms with Crippen LogP contribution in [-0.4, -0.2) is 43.7 Å². The molecule has 8 heteroatoms.